The molecule has 0 fully saturated rings. The predicted octanol–water partition coefficient (Wildman–Crippen LogP) is 3.79. The number of hydrogen-bond donors (Lipinski definition) is 1. The first-order valence-electron chi connectivity index (χ1n) is 5.95. The van der Waals surface area contributed by atoms with Crippen molar-refractivity contribution in [2.24, 2.45) is 5.92 Å². The number of benzene rings is 1. The molecule has 0 aliphatic carbocycles. The maximum absolute atomic E-state index is 11.6. The van der Waals surface area contributed by atoms with Crippen molar-refractivity contribution < 1.29 is 4.79 Å². The smallest absolute Gasteiger partial charge is 0.226 e. The van der Waals surface area contributed by atoms with Crippen molar-refractivity contribution in [2.45, 2.75) is 40.0 Å². The molecule has 0 saturated heterocycles. The summed E-state index contributed by atoms with van der Waals surface area (Å²) in [6, 6.07) is 8.11. The summed E-state index contributed by atoms with van der Waals surface area (Å²) in [5.74, 6) is 0.629. The molecule has 0 aliphatic rings. The van der Waals surface area contributed by atoms with E-state index in [0.29, 0.717) is 5.92 Å². The van der Waals surface area contributed by atoms with E-state index in [4.69, 9.17) is 0 Å². The minimum absolute atomic E-state index is 0.0206. The second-order valence-electron chi connectivity index (χ2n) is 4.58. The van der Waals surface area contributed by atoms with E-state index in [9.17, 15) is 4.79 Å². The van der Waals surface area contributed by atoms with Crippen LogP contribution in [0.4, 0.5) is 5.69 Å². The van der Waals surface area contributed by atoms with Gasteiger partial charge in [-0.05, 0) is 30.0 Å². The highest BCUT2D eigenvalue weighted by molar-refractivity contribution is 5.92. The van der Waals surface area contributed by atoms with Crippen molar-refractivity contribution in [2.75, 3.05) is 5.32 Å². The molecular weight excluding hydrogens is 198 g/mol. The molecule has 2 nitrogen and oxygen atoms in total. The summed E-state index contributed by atoms with van der Waals surface area (Å²) < 4.78 is 0. The molecule has 2 heteroatoms. The van der Waals surface area contributed by atoms with E-state index in [1.165, 1.54) is 5.56 Å². The zero-order chi connectivity index (χ0) is 12.1. The standard InChI is InChI=1S/C14H21NO/c1-5-11(4)12-7-6-8-13(9-12)15-14(16)10(2)3/h6-11H,5H2,1-4H3,(H,15,16). The van der Waals surface area contributed by atoms with Gasteiger partial charge in [-0.2, -0.15) is 0 Å². The highest BCUT2D eigenvalue weighted by Crippen LogP contribution is 2.21. The Hall–Kier alpha value is -1.31. The molecule has 1 aromatic carbocycles. The zero-order valence-electron chi connectivity index (χ0n) is 10.6. The fourth-order valence-corrected chi connectivity index (χ4v) is 1.45. The number of amides is 1. The van der Waals surface area contributed by atoms with Crippen molar-refractivity contribution in [1.29, 1.82) is 0 Å². The van der Waals surface area contributed by atoms with Gasteiger partial charge in [0.05, 0.1) is 0 Å². The van der Waals surface area contributed by atoms with E-state index >= 15 is 0 Å². The Balaban J connectivity index is 2.78. The molecule has 1 unspecified atom stereocenters. The molecule has 0 aromatic heterocycles. The SMILES string of the molecule is CCC(C)c1cccc(NC(=O)C(C)C)c1. The van der Waals surface area contributed by atoms with Gasteiger partial charge in [-0.1, -0.05) is 39.8 Å². The van der Waals surface area contributed by atoms with Crippen molar-refractivity contribution in [3.05, 3.63) is 29.8 Å². The Labute approximate surface area is 98.1 Å². The number of nitrogens with one attached hydrogen (secondary N) is 1. The Bertz CT molecular complexity index is 358. The van der Waals surface area contributed by atoms with Crippen LogP contribution in [0.15, 0.2) is 24.3 Å². The quantitative estimate of drug-likeness (QED) is 0.820. The monoisotopic (exact) mass is 219 g/mol. The van der Waals surface area contributed by atoms with E-state index in [1.54, 1.807) is 0 Å². The van der Waals surface area contributed by atoms with Crippen molar-refractivity contribution in [3.8, 4) is 0 Å². The summed E-state index contributed by atoms with van der Waals surface area (Å²) in [6.07, 6.45) is 1.11. The second kappa shape index (κ2) is 5.69. The van der Waals surface area contributed by atoms with Gasteiger partial charge in [-0.3, -0.25) is 4.79 Å². The third kappa shape index (κ3) is 3.37. The van der Waals surface area contributed by atoms with Crippen molar-refractivity contribution >= 4 is 11.6 Å². The predicted molar refractivity (Wildman–Crippen MR) is 68.6 cm³/mol. The number of hydrogen-bond acceptors (Lipinski definition) is 1. The Morgan fingerprint density at radius 2 is 2.00 bits per heavy atom. The minimum atomic E-state index is 0.0206. The minimum Gasteiger partial charge on any atom is -0.326 e. The number of rotatable bonds is 4. The van der Waals surface area contributed by atoms with Gasteiger partial charge in [-0.25, -0.2) is 0 Å². The van der Waals surface area contributed by atoms with Gasteiger partial charge in [0, 0.05) is 11.6 Å². The van der Waals surface area contributed by atoms with E-state index in [-0.39, 0.29) is 11.8 Å². The summed E-state index contributed by atoms with van der Waals surface area (Å²) in [6.45, 7) is 8.16. The summed E-state index contributed by atoms with van der Waals surface area (Å²) in [7, 11) is 0. The fraction of sp³-hybridized carbons (Fsp3) is 0.500. The van der Waals surface area contributed by atoms with Crippen LogP contribution in [0.3, 0.4) is 0 Å². The average Bonchev–Trinajstić information content (AvgIpc) is 2.28. The molecule has 1 aromatic rings. The summed E-state index contributed by atoms with van der Waals surface area (Å²) in [5.41, 5.74) is 2.18. The molecule has 1 amide bonds. The molecule has 1 rings (SSSR count). The highest BCUT2D eigenvalue weighted by Gasteiger charge is 2.08. The molecule has 0 aliphatic heterocycles. The lowest BCUT2D eigenvalue weighted by Crippen LogP contribution is -2.17. The van der Waals surface area contributed by atoms with Gasteiger partial charge in [-0.15, -0.1) is 0 Å². The van der Waals surface area contributed by atoms with Crippen molar-refractivity contribution in [1.82, 2.24) is 0 Å². The molecule has 0 spiro atoms. The van der Waals surface area contributed by atoms with E-state index in [1.807, 2.05) is 26.0 Å². The van der Waals surface area contributed by atoms with Crippen LogP contribution in [0.5, 0.6) is 0 Å². The third-order valence-electron chi connectivity index (χ3n) is 2.86. The Morgan fingerprint density at radius 1 is 1.31 bits per heavy atom. The van der Waals surface area contributed by atoms with Crippen LogP contribution >= 0.6 is 0 Å². The summed E-state index contributed by atoms with van der Waals surface area (Å²) in [5, 5.41) is 2.92. The third-order valence-corrected chi connectivity index (χ3v) is 2.86. The fourth-order valence-electron chi connectivity index (χ4n) is 1.45. The lowest BCUT2D eigenvalue weighted by Gasteiger charge is -2.12. The van der Waals surface area contributed by atoms with Gasteiger partial charge in [0.2, 0.25) is 5.91 Å². The maximum atomic E-state index is 11.6. The molecule has 0 radical (unpaired) electrons. The van der Waals surface area contributed by atoms with Crippen LogP contribution in [0.1, 0.15) is 45.6 Å². The van der Waals surface area contributed by atoms with Gasteiger partial charge >= 0.3 is 0 Å². The van der Waals surface area contributed by atoms with Crippen LogP contribution < -0.4 is 5.32 Å². The molecule has 1 atom stereocenters. The molecule has 1 N–H and O–H groups in total. The first-order valence-corrected chi connectivity index (χ1v) is 5.95. The van der Waals surface area contributed by atoms with Crippen molar-refractivity contribution in [3.63, 3.8) is 0 Å². The number of carbonyl (C=O) groups is 1. The highest BCUT2D eigenvalue weighted by atomic mass is 16.1. The summed E-state index contributed by atoms with van der Waals surface area (Å²) in [4.78, 5) is 11.6. The lowest BCUT2D eigenvalue weighted by atomic mass is 9.98. The van der Waals surface area contributed by atoms with Gasteiger partial charge in [0.1, 0.15) is 0 Å². The van der Waals surface area contributed by atoms with Crippen LogP contribution in [0, 0.1) is 5.92 Å². The number of anilines is 1. The van der Waals surface area contributed by atoms with Gasteiger partial charge in [0.25, 0.3) is 0 Å². The second-order valence-corrected chi connectivity index (χ2v) is 4.58. The van der Waals surface area contributed by atoms with Gasteiger partial charge in [0.15, 0.2) is 0 Å². The zero-order valence-corrected chi connectivity index (χ0v) is 10.6. The van der Waals surface area contributed by atoms with Gasteiger partial charge < -0.3 is 5.32 Å². The van der Waals surface area contributed by atoms with Crippen LogP contribution in [-0.4, -0.2) is 5.91 Å². The topological polar surface area (TPSA) is 29.1 Å². The van der Waals surface area contributed by atoms with E-state index in [0.717, 1.165) is 12.1 Å². The largest absolute Gasteiger partial charge is 0.326 e. The van der Waals surface area contributed by atoms with E-state index < -0.39 is 0 Å². The molecule has 0 bridgehead atoms. The summed E-state index contributed by atoms with van der Waals surface area (Å²) >= 11 is 0. The van der Waals surface area contributed by atoms with E-state index in [2.05, 4.69) is 31.3 Å². The van der Waals surface area contributed by atoms with Crippen LogP contribution in [-0.2, 0) is 4.79 Å². The lowest BCUT2D eigenvalue weighted by molar-refractivity contribution is -0.118. The molecular formula is C14H21NO. The molecule has 0 heterocycles. The van der Waals surface area contributed by atoms with Crippen LogP contribution in [0.25, 0.3) is 0 Å². The molecule has 16 heavy (non-hydrogen) atoms. The Kier molecular flexibility index (Phi) is 4.53. The van der Waals surface area contributed by atoms with Crippen LogP contribution in [0.2, 0.25) is 0 Å². The molecule has 88 valence electrons. The first kappa shape index (κ1) is 12.8. The average molecular weight is 219 g/mol. The molecule has 0 saturated carbocycles. The number of carbonyl (C=O) groups excluding carboxylic acids is 1. The Morgan fingerprint density at radius 3 is 2.56 bits per heavy atom. The maximum Gasteiger partial charge on any atom is 0.226 e. The first-order chi connectivity index (χ1) is 7.54. The normalized spacial score (nSPS) is 12.6.